The molecule has 1 aliphatic rings. The van der Waals surface area contributed by atoms with Crippen molar-refractivity contribution in [2.45, 2.75) is 52.5 Å². The topological polar surface area (TPSA) is 32.3 Å². The van der Waals surface area contributed by atoms with Gasteiger partial charge in [0.05, 0.1) is 6.61 Å². The van der Waals surface area contributed by atoms with Crippen molar-refractivity contribution < 1.29 is 5.11 Å². The van der Waals surface area contributed by atoms with Crippen LogP contribution < -0.4 is 5.32 Å². The van der Waals surface area contributed by atoms with E-state index in [0.717, 1.165) is 12.5 Å². The molecular weight excluding hydrogens is 174 g/mol. The number of hydrogen-bond donors (Lipinski definition) is 2. The summed E-state index contributed by atoms with van der Waals surface area (Å²) in [6.07, 6.45) is 5.47. The van der Waals surface area contributed by atoms with E-state index in [1.165, 1.54) is 25.7 Å². The lowest BCUT2D eigenvalue weighted by Gasteiger charge is -2.39. The quantitative estimate of drug-likeness (QED) is 0.727. The molecule has 0 aliphatic heterocycles. The number of nitrogens with one attached hydrogen (secondary N) is 1. The Morgan fingerprint density at radius 2 is 2.14 bits per heavy atom. The molecule has 2 atom stereocenters. The number of hydrogen-bond acceptors (Lipinski definition) is 2. The highest BCUT2D eigenvalue weighted by Crippen LogP contribution is 2.39. The molecule has 0 saturated heterocycles. The average Bonchev–Trinajstić information content (AvgIpc) is 2.15. The second-order valence-corrected chi connectivity index (χ2v) is 5.42. The van der Waals surface area contributed by atoms with E-state index < -0.39 is 0 Å². The maximum Gasteiger partial charge on any atom is 0.0581 e. The molecule has 0 heterocycles. The SMILES string of the molecule is CC(CO)NCC1CCCCC1(C)C. The Kier molecular flexibility index (Phi) is 4.39. The van der Waals surface area contributed by atoms with Gasteiger partial charge in [0.15, 0.2) is 0 Å². The molecule has 0 radical (unpaired) electrons. The van der Waals surface area contributed by atoms with E-state index >= 15 is 0 Å². The molecule has 2 N–H and O–H groups in total. The predicted octanol–water partition coefficient (Wildman–Crippen LogP) is 2.17. The van der Waals surface area contributed by atoms with Crippen LogP contribution in [-0.2, 0) is 0 Å². The molecule has 2 unspecified atom stereocenters. The van der Waals surface area contributed by atoms with Crippen LogP contribution in [-0.4, -0.2) is 24.3 Å². The van der Waals surface area contributed by atoms with E-state index in [2.05, 4.69) is 19.2 Å². The Bertz CT molecular complexity index is 168. The number of rotatable bonds is 4. The van der Waals surface area contributed by atoms with Gasteiger partial charge in [0.2, 0.25) is 0 Å². The summed E-state index contributed by atoms with van der Waals surface area (Å²) in [6.45, 7) is 8.10. The Hall–Kier alpha value is -0.0800. The first-order valence-electron chi connectivity index (χ1n) is 5.90. The van der Waals surface area contributed by atoms with Crippen LogP contribution in [0.15, 0.2) is 0 Å². The summed E-state index contributed by atoms with van der Waals surface area (Å²) < 4.78 is 0. The highest BCUT2D eigenvalue weighted by molar-refractivity contribution is 4.84. The highest BCUT2D eigenvalue weighted by Gasteiger charge is 2.31. The van der Waals surface area contributed by atoms with Gasteiger partial charge >= 0.3 is 0 Å². The largest absolute Gasteiger partial charge is 0.395 e. The molecule has 0 amide bonds. The maximum atomic E-state index is 8.93. The molecule has 14 heavy (non-hydrogen) atoms. The molecule has 2 heteroatoms. The van der Waals surface area contributed by atoms with E-state index in [-0.39, 0.29) is 12.6 Å². The molecule has 1 saturated carbocycles. The van der Waals surface area contributed by atoms with E-state index in [4.69, 9.17) is 5.11 Å². The molecule has 0 aromatic carbocycles. The van der Waals surface area contributed by atoms with Gasteiger partial charge < -0.3 is 10.4 Å². The first-order chi connectivity index (χ1) is 6.56. The van der Waals surface area contributed by atoms with Gasteiger partial charge in [0.25, 0.3) is 0 Å². The minimum absolute atomic E-state index is 0.243. The lowest BCUT2D eigenvalue weighted by molar-refractivity contribution is 0.128. The lowest BCUT2D eigenvalue weighted by Crippen LogP contribution is -2.40. The van der Waals surface area contributed by atoms with Crippen molar-refractivity contribution in [3.8, 4) is 0 Å². The normalized spacial score (nSPS) is 28.7. The fraction of sp³-hybridized carbons (Fsp3) is 1.00. The molecular formula is C12H25NO. The van der Waals surface area contributed by atoms with E-state index in [1.807, 2.05) is 6.92 Å². The van der Waals surface area contributed by atoms with Crippen molar-refractivity contribution in [1.29, 1.82) is 0 Å². The van der Waals surface area contributed by atoms with Gasteiger partial charge in [-0.3, -0.25) is 0 Å². The number of aliphatic hydroxyl groups excluding tert-OH is 1. The van der Waals surface area contributed by atoms with Gasteiger partial charge in [-0.2, -0.15) is 0 Å². The summed E-state index contributed by atoms with van der Waals surface area (Å²) in [6, 6.07) is 0.243. The van der Waals surface area contributed by atoms with Crippen LogP contribution in [0.2, 0.25) is 0 Å². The van der Waals surface area contributed by atoms with Crippen molar-refractivity contribution in [3.63, 3.8) is 0 Å². The zero-order chi connectivity index (χ0) is 10.6. The molecule has 2 nitrogen and oxygen atoms in total. The predicted molar refractivity (Wildman–Crippen MR) is 60.3 cm³/mol. The summed E-state index contributed by atoms with van der Waals surface area (Å²) in [5, 5.41) is 12.3. The average molecular weight is 199 g/mol. The van der Waals surface area contributed by atoms with Crippen molar-refractivity contribution in [1.82, 2.24) is 5.32 Å². The highest BCUT2D eigenvalue weighted by atomic mass is 16.3. The van der Waals surface area contributed by atoms with E-state index in [0.29, 0.717) is 5.41 Å². The fourth-order valence-corrected chi connectivity index (χ4v) is 2.35. The standard InChI is InChI=1S/C12H25NO/c1-10(9-14)13-8-11-6-4-5-7-12(11,2)3/h10-11,13-14H,4-9H2,1-3H3. The van der Waals surface area contributed by atoms with Gasteiger partial charge in [-0.25, -0.2) is 0 Å². The van der Waals surface area contributed by atoms with Crippen LogP contribution in [0.5, 0.6) is 0 Å². The van der Waals surface area contributed by atoms with Crippen molar-refractivity contribution in [3.05, 3.63) is 0 Å². The zero-order valence-corrected chi connectivity index (χ0v) is 9.84. The molecule has 1 rings (SSSR count). The third-order valence-electron chi connectivity index (χ3n) is 3.72. The lowest BCUT2D eigenvalue weighted by atomic mass is 9.69. The van der Waals surface area contributed by atoms with Gasteiger partial charge in [-0.1, -0.05) is 26.7 Å². The minimum atomic E-state index is 0.243. The first-order valence-corrected chi connectivity index (χ1v) is 5.90. The Balaban J connectivity index is 2.34. The molecule has 1 fully saturated rings. The Labute approximate surface area is 88.1 Å². The van der Waals surface area contributed by atoms with E-state index in [9.17, 15) is 0 Å². The van der Waals surface area contributed by atoms with Crippen LogP contribution in [0, 0.1) is 11.3 Å². The fourth-order valence-electron chi connectivity index (χ4n) is 2.35. The Morgan fingerprint density at radius 3 is 2.71 bits per heavy atom. The monoisotopic (exact) mass is 199 g/mol. The molecule has 0 spiro atoms. The third-order valence-corrected chi connectivity index (χ3v) is 3.72. The minimum Gasteiger partial charge on any atom is -0.395 e. The van der Waals surface area contributed by atoms with Gasteiger partial charge in [-0.05, 0) is 37.6 Å². The van der Waals surface area contributed by atoms with Crippen LogP contribution in [0.25, 0.3) is 0 Å². The molecule has 0 aromatic rings. The molecule has 0 aromatic heterocycles. The molecule has 0 bridgehead atoms. The van der Waals surface area contributed by atoms with Crippen LogP contribution >= 0.6 is 0 Å². The second-order valence-electron chi connectivity index (χ2n) is 5.42. The molecule has 84 valence electrons. The van der Waals surface area contributed by atoms with Crippen molar-refractivity contribution in [2.75, 3.05) is 13.2 Å². The maximum absolute atomic E-state index is 8.93. The molecule has 1 aliphatic carbocycles. The van der Waals surface area contributed by atoms with Crippen LogP contribution in [0.4, 0.5) is 0 Å². The van der Waals surface area contributed by atoms with Crippen LogP contribution in [0.3, 0.4) is 0 Å². The summed E-state index contributed by atoms with van der Waals surface area (Å²) in [7, 11) is 0. The summed E-state index contributed by atoms with van der Waals surface area (Å²) in [5.41, 5.74) is 0.487. The second kappa shape index (κ2) is 5.13. The smallest absolute Gasteiger partial charge is 0.0581 e. The van der Waals surface area contributed by atoms with Crippen molar-refractivity contribution in [2.24, 2.45) is 11.3 Å². The first kappa shape index (κ1) is 12.0. The van der Waals surface area contributed by atoms with Gasteiger partial charge in [0.1, 0.15) is 0 Å². The summed E-state index contributed by atoms with van der Waals surface area (Å²) in [4.78, 5) is 0. The van der Waals surface area contributed by atoms with Gasteiger partial charge in [-0.15, -0.1) is 0 Å². The third kappa shape index (κ3) is 3.25. The summed E-state index contributed by atoms with van der Waals surface area (Å²) >= 11 is 0. The van der Waals surface area contributed by atoms with Gasteiger partial charge in [0, 0.05) is 6.04 Å². The zero-order valence-electron chi connectivity index (χ0n) is 9.84. The number of aliphatic hydroxyl groups is 1. The Morgan fingerprint density at radius 1 is 1.43 bits per heavy atom. The summed E-state index contributed by atoms with van der Waals surface area (Å²) in [5.74, 6) is 0.783. The van der Waals surface area contributed by atoms with E-state index in [1.54, 1.807) is 0 Å². The van der Waals surface area contributed by atoms with Crippen molar-refractivity contribution >= 4 is 0 Å². The van der Waals surface area contributed by atoms with Crippen LogP contribution in [0.1, 0.15) is 46.5 Å².